The summed E-state index contributed by atoms with van der Waals surface area (Å²) >= 11 is 0. The Morgan fingerprint density at radius 2 is 2.05 bits per heavy atom. The fourth-order valence-electron chi connectivity index (χ4n) is 1.82. The summed E-state index contributed by atoms with van der Waals surface area (Å²) in [5.74, 6) is 0.491. The molecule has 0 bridgehead atoms. The van der Waals surface area contributed by atoms with Crippen LogP contribution < -0.4 is 5.73 Å². The van der Waals surface area contributed by atoms with Gasteiger partial charge in [0, 0.05) is 11.8 Å². The molecule has 4 nitrogen and oxygen atoms in total. The minimum Gasteiger partial charge on any atom is -0.461 e. The largest absolute Gasteiger partial charge is 0.461 e. The number of rotatable bonds is 3. The molecule has 19 heavy (non-hydrogen) atoms. The van der Waals surface area contributed by atoms with Crippen LogP contribution in [0.5, 0.6) is 0 Å². The maximum atomic E-state index is 12.0. The minimum absolute atomic E-state index is 0.342. The van der Waals surface area contributed by atoms with E-state index in [1.807, 2.05) is 32.9 Å². The summed E-state index contributed by atoms with van der Waals surface area (Å²) in [6.07, 6.45) is 0.691. The van der Waals surface area contributed by atoms with Crippen LogP contribution in [-0.2, 0) is 11.2 Å². The number of carbonyl (C=O) groups is 1. The van der Waals surface area contributed by atoms with Crippen LogP contribution in [0.2, 0.25) is 0 Å². The van der Waals surface area contributed by atoms with Gasteiger partial charge in [-0.05, 0) is 45.5 Å². The highest BCUT2D eigenvalue weighted by Crippen LogP contribution is 2.22. The zero-order valence-electron chi connectivity index (χ0n) is 11.5. The van der Waals surface area contributed by atoms with E-state index < -0.39 is 5.60 Å². The molecule has 0 unspecified atom stereocenters. The molecule has 2 N–H and O–H groups in total. The number of carbonyl (C=O) groups excluding carboxylic acids is 1. The fourth-order valence-corrected chi connectivity index (χ4v) is 1.82. The first-order chi connectivity index (χ1) is 8.89. The lowest BCUT2D eigenvalue weighted by Crippen LogP contribution is -2.23. The van der Waals surface area contributed by atoms with E-state index in [1.165, 1.54) is 0 Å². The summed E-state index contributed by atoms with van der Waals surface area (Å²) in [4.78, 5) is 12.0. The van der Waals surface area contributed by atoms with Crippen LogP contribution >= 0.6 is 0 Å². The quantitative estimate of drug-likeness (QED) is 0.863. The summed E-state index contributed by atoms with van der Waals surface area (Å²) < 4.78 is 11.0. The van der Waals surface area contributed by atoms with Crippen molar-refractivity contribution in [1.82, 2.24) is 0 Å². The molecule has 2 rings (SSSR count). The van der Waals surface area contributed by atoms with Gasteiger partial charge in [0.15, 0.2) is 0 Å². The third kappa shape index (κ3) is 3.35. The topological polar surface area (TPSA) is 65.5 Å². The summed E-state index contributed by atoms with van der Waals surface area (Å²) in [6, 6.07) is 7.26. The lowest BCUT2D eigenvalue weighted by atomic mass is 10.1. The maximum Gasteiger partial charge on any atom is 0.338 e. The average molecular weight is 261 g/mol. The monoisotopic (exact) mass is 261 g/mol. The molecule has 0 saturated carbocycles. The lowest BCUT2D eigenvalue weighted by molar-refractivity contribution is 0.00696. The van der Waals surface area contributed by atoms with Crippen LogP contribution in [0.15, 0.2) is 28.7 Å². The number of esters is 1. The van der Waals surface area contributed by atoms with E-state index in [-0.39, 0.29) is 5.97 Å². The van der Waals surface area contributed by atoms with Gasteiger partial charge in [0.25, 0.3) is 0 Å². The van der Waals surface area contributed by atoms with Crippen molar-refractivity contribution in [3.05, 3.63) is 35.6 Å². The molecule has 1 aromatic heterocycles. The first-order valence-electron chi connectivity index (χ1n) is 6.35. The molecule has 4 heteroatoms. The Kier molecular flexibility index (Phi) is 3.62. The molecule has 0 aliphatic carbocycles. The highest BCUT2D eigenvalue weighted by atomic mass is 16.6. The Labute approximate surface area is 112 Å². The van der Waals surface area contributed by atoms with Crippen molar-refractivity contribution >= 4 is 16.9 Å². The SMILES string of the molecule is CC(C)(C)OC(=O)c1ccc2cc(CCN)oc2c1. The van der Waals surface area contributed by atoms with Gasteiger partial charge in [-0.1, -0.05) is 6.07 Å². The van der Waals surface area contributed by atoms with Gasteiger partial charge >= 0.3 is 5.97 Å². The minimum atomic E-state index is -0.500. The third-order valence-electron chi connectivity index (χ3n) is 2.60. The zero-order chi connectivity index (χ0) is 14.0. The predicted octanol–water partition coefficient (Wildman–Crippen LogP) is 2.89. The van der Waals surface area contributed by atoms with Crippen molar-refractivity contribution in [1.29, 1.82) is 0 Å². The van der Waals surface area contributed by atoms with Crippen LogP contribution in [-0.4, -0.2) is 18.1 Å². The Morgan fingerprint density at radius 1 is 1.32 bits per heavy atom. The third-order valence-corrected chi connectivity index (χ3v) is 2.60. The molecule has 0 spiro atoms. The molecule has 1 aromatic carbocycles. The number of ether oxygens (including phenoxy) is 1. The molecule has 0 radical (unpaired) electrons. The Balaban J connectivity index is 2.28. The number of hydrogen-bond donors (Lipinski definition) is 1. The lowest BCUT2D eigenvalue weighted by Gasteiger charge is -2.19. The van der Waals surface area contributed by atoms with Gasteiger partial charge in [-0.3, -0.25) is 0 Å². The Morgan fingerprint density at radius 3 is 2.68 bits per heavy atom. The van der Waals surface area contributed by atoms with Crippen molar-refractivity contribution in [2.24, 2.45) is 5.73 Å². The zero-order valence-corrected chi connectivity index (χ0v) is 11.5. The first-order valence-corrected chi connectivity index (χ1v) is 6.35. The van der Waals surface area contributed by atoms with Crippen LogP contribution in [0.4, 0.5) is 0 Å². The van der Waals surface area contributed by atoms with Crippen molar-refractivity contribution < 1.29 is 13.9 Å². The van der Waals surface area contributed by atoms with Crippen molar-refractivity contribution in [3.8, 4) is 0 Å². The molecule has 0 aliphatic rings. The Bertz CT molecular complexity index is 593. The molecule has 0 fully saturated rings. The molecule has 102 valence electrons. The number of benzene rings is 1. The summed E-state index contributed by atoms with van der Waals surface area (Å²) in [6.45, 7) is 6.07. The van der Waals surface area contributed by atoms with Gasteiger partial charge < -0.3 is 14.9 Å². The molecule has 2 aromatic rings. The molecular formula is C15H19NO3. The number of hydrogen-bond acceptors (Lipinski definition) is 4. The van der Waals surface area contributed by atoms with E-state index >= 15 is 0 Å². The smallest absolute Gasteiger partial charge is 0.338 e. The van der Waals surface area contributed by atoms with Crippen LogP contribution in [0.25, 0.3) is 11.0 Å². The van der Waals surface area contributed by atoms with Crippen molar-refractivity contribution in [2.45, 2.75) is 32.8 Å². The molecule has 0 saturated heterocycles. The number of nitrogens with two attached hydrogens (primary N) is 1. The molecular weight excluding hydrogens is 242 g/mol. The van der Waals surface area contributed by atoms with Gasteiger partial charge in [0.05, 0.1) is 5.56 Å². The molecule has 1 heterocycles. The van der Waals surface area contributed by atoms with Crippen LogP contribution in [0.3, 0.4) is 0 Å². The van der Waals surface area contributed by atoms with E-state index in [9.17, 15) is 4.79 Å². The van der Waals surface area contributed by atoms with E-state index in [2.05, 4.69) is 0 Å². The van der Waals surface area contributed by atoms with E-state index in [4.69, 9.17) is 14.9 Å². The van der Waals surface area contributed by atoms with Gasteiger partial charge in [-0.2, -0.15) is 0 Å². The summed E-state index contributed by atoms with van der Waals surface area (Å²) in [5.41, 5.74) is 6.18. The highest BCUT2D eigenvalue weighted by Gasteiger charge is 2.18. The van der Waals surface area contributed by atoms with Gasteiger partial charge in [0.1, 0.15) is 16.9 Å². The van der Waals surface area contributed by atoms with Gasteiger partial charge in [-0.15, -0.1) is 0 Å². The average Bonchev–Trinajstić information content (AvgIpc) is 2.68. The molecule has 0 amide bonds. The Hall–Kier alpha value is -1.81. The van der Waals surface area contributed by atoms with E-state index in [0.29, 0.717) is 24.1 Å². The molecule has 0 aliphatic heterocycles. The maximum absolute atomic E-state index is 12.0. The van der Waals surface area contributed by atoms with Crippen LogP contribution in [0, 0.1) is 0 Å². The van der Waals surface area contributed by atoms with Crippen molar-refractivity contribution in [3.63, 3.8) is 0 Å². The molecule has 0 atom stereocenters. The second kappa shape index (κ2) is 5.05. The van der Waals surface area contributed by atoms with Crippen molar-refractivity contribution in [2.75, 3.05) is 6.54 Å². The van der Waals surface area contributed by atoms with E-state index in [1.54, 1.807) is 12.1 Å². The predicted molar refractivity (Wildman–Crippen MR) is 74.1 cm³/mol. The first kappa shape index (κ1) is 13.6. The summed E-state index contributed by atoms with van der Waals surface area (Å²) in [5, 5.41) is 0.968. The highest BCUT2D eigenvalue weighted by molar-refractivity contribution is 5.94. The normalized spacial score (nSPS) is 11.8. The summed E-state index contributed by atoms with van der Waals surface area (Å²) in [7, 11) is 0. The number of fused-ring (bicyclic) bond motifs is 1. The number of furan rings is 1. The van der Waals surface area contributed by atoms with Gasteiger partial charge in [-0.25, -0.2) is 4.79 Å². The second-order valence-corrected chi connectivity index (χ2v) is 5.51. The fraction of sp³-hybridized carbons (Fsp3) is 0.400. The van der Waals surface area contributed by atoms with Gasteiger partial charge in [0.2, 0.25) is 0 Å². The standard InChI is InChI=1S/C15H19NO3/c1-15(2,3)19-14(17)11-5-4-10-8-12(6-7-16)18-13(10)9-11/h4-5,8-9H,6-7,16H2,1-3H3. The second-order valence-electron chi connectivity index (χ2n) is 5.51. The van der Waals surface area contributed by atoms with E-state index in [0.717, 1.165) is 11.1 Å². The van der Waals surface area contributed by atoms with Crippen LogP contribution in [0.1, 0.15) is 36.9 Å².